The van der Waals surface area contributed by atoms with Crippen molar-refractivity contribution < 1.29 is 13.2 Å². The molecule has 0 saturated carbocycles. The molecule has 5 nitrogen and oxygen atoms in total. The van der Waals surface area contributed by atoms with Crippen LogP contribution in [0.4, 0.5) is 5.69 Å². The molecule has 1 aliphatic heterocycles. The Bertz CT molecular complexity index is 843. The molecule has 0 aliphatic carbocycles. The number of sulfonamides is 1. The molecule has 7 heteroatoms. The Labute approximate surface area is 156 Å². The van der Waals surface area contributed by atoms with E-state index >= 15 is 0 Å². The van der Waals surface area contributed by atoms with Gasteiger partial charge in [0, 0.05) is 28.8 Å². The summed E-state index contributed by atoms with van der Waals surface area (Å²) in [4.78, 5) is 12.5. The van der Waals surface area contributed by atoms with E-state index in [9.17, 15) is 13.2 Å². The summed E-state index contributed by atoms with van der Waals surface area (Å²) >= 11 is 3.36. The van der Waals surface area contributed by atoms with Gasteiger partial charge in [0.1, 0.15) is 0 Å². The number of hydrogen-bond acceptors (Lipinski definition) is 4. The molecular weight excluding hydrogens is 404 g/mol. The minimum Gasteiger partial charge on any atom is -0.378 e. The second-order valence-electron chi connectivity index (χ2n) is 5.92. The first kappa shape index (κ1) is 18.1. The summed E-state index contributed by atoms with van der Waals surface area (Å²) in [6.45, 7) is 1.29. The molecule has 0 radical (unpaired) electrons. The monoisotopic (exact) mass is 422 g/mol. The highest BCUT2D eigenvalue weighted by Gasteiger charge is 2.27. The first-order valence-electron chi connectivity index (χ1n) is 8.10. The molecule has 1 fully saturated rings. The largest absolute Gasteiger partial charge is 0.378 e. The van der Waals surface area contributed by atoms with Gasteiger partial charge in [-0.05, 0) is 61.4 Å². The van der Waals surface area contributed by atoms with Crippen molar-refractivity contribution in [3.63, 3.8) is 0 Å². The van der Waals surface area contributed by atoms with Crippen LogP contribution in [0.3, 0.4) is 0 Å². The summed E-state index contributed by atoms with van der Waals surface area (Å²) in [5.74, 6) is -0.0898. The van der Waals surface area contributed by atoms with Gasteiger partial charge in [0.15, 0.2) is 5.78 Å². The minimum atomic E-state index is -3.44. The zero-order valence-corrected chi connectivity index (χ0v) is 16.0. The summed E-state index contributed by atoms with van der Waals surface area (Å²) in [7, 11) is -3.44. The lowest BCUT2D eigenvalue weighted by Gasteiger charge is -2.15. The average molecular weight is 423 g/mol. The molecule has 1 N–H and O–H groups in total. The lowest BCUT2D eigenvalue weighted by atomic mass is 10.1. The van der Waals surface area contributed by atoms with Crippen LogP contribution in [0, 0.1) is 0 Å². The molecule has 0 atom stereocenters. The van der Waals surface area contributed by atoms with Gasteiger partial charge < -0.3 is 5.32 Å². The van der Waals surface area contributed by atoms with Gasteiger partial charge in [-0.3, -0.25) is 4.79 Å². The van der Waals surface area contributed by atoms with Gasteiger partial charge in [0.05, 0.1) is 11.4 Å². The van der Waals surface area contributed by atoms with Crippen molar-refractivity contribution in [3.8, 4) is 0 Å². The summed E-state index contributed by atoms with van der Waals surface area (Å²) in [5.41, 5.74) is 1.34. The number of hydrogen-bond donors (Lipinski definition) is 1. The van der Waals surface area contributed by atoms with Gasteiger partial charge in [-0.25, -0.2) is 8.42 Å². The fourth-order valence-electron chi connectivity index (χ4n) is 2.74. The maximum Gasteiger partial charge on any atom is 0.243 e. The quantitative estimate of drug-likeness (QED) is 0.722. The zero-order chi connectivity index (χ0) is 17.9. The van der Waals surface area contributed by atoms with Crippen LogP contribution in [0.15, 0.2) is 57.9 Å². The normalized spacial score (nSPS) is 15.2. The minimum absolute atomic E-state index is 0.0898. The number of Topliss-reactive ketones (excluding diaryl/α,β-unsaturated/α-hetero) is 1. The third-order valence-electron chi connectivity index (χ3n) is 4.18. The number of benzene rings is 2. The van der Waals surface area contributed by atoms with Crippen molar-refractivity contribution in [1.82, 2.24) is 4.31 Å². The van der Waals surface area contributed by atoms with Crippen molar-refractivity contribution in [2.45, 2.75) is 17.7 Å². The van der Waals surface area contributed by atoms with E-state index in [0.29, 0.717) is 18.7 Å². The number of anilines is 1. The topological polar surface area (TPSA) is 66.5 Å². The third kappa shape index (κ3) is 4.29. The molecule has 0 bridgehead atoms. The van der Waals surface area contributed by atoms with E-state index < -0.39 is 10.0 Å². The van der Waals surface area contributed by atoms with Gasteiger partial charge >= 0.3 is 0 Å². The van der Waals surface area contributed by atoms with Crippen LogP contribution in [0.1, 0.15) is 23.2 Å². The summed E-state index contributed by atoms with van der Waals surface area (Å²) in [6.07, 6.45) is 1.80. The van der Waals surface area contributed by atoms with Crippen molar-refractivity contribution in [2.24, 2.45) is 0 Å². The van der Waals surface area contributed by atoms with Crippen LogP contribution in [-0.2, 0) is 10.0 Å². The molecule has 0 aromatic heterocycles. The number of halogens is 1. The summed E-state index contributed by atoms with van der Waals surface area (Å²) in [6, 6.07) is 13.7. The Morgan fingerprint density at radius 3 is 2.20 bits per heavy atom. The molecule has 3 rings (SSSR count). The van der Waals surface area contributed by atoms with E-state index in [4.69, 9.17) is 0 Å². The molecule has 0 amide bonds. The zero-order valence-electron chi connectivity index (χ0n) is 13.6. The van der Waals surface area contributed by atoms with Gasteiger partial charge in [0.25, 0.3) is 0 Å². The van der Waals surface area contributed by atoms with Gasteiger partial charge in [0.2, 0.25) is 10.0 Å². The summed E-state index contributed by atoms with van der Waals surface area (Å²) < 4.78 is 27.4. The Morgan fingerprint density at radius 1 is 1.00 bits per heavy atom. The SMILES string of the molecule is O=C(CNc1ccc(Br)cc1)c1ccc(S(=O)(=O)N2CCCC2)cc1. The highest BCUT2D eigenvalue weighted by atomic mass is 79.9. The van der Waals surface area contributed by atoms with Crippen molar-refractivity contribution in [2.75, 3.05) is 25.0 Å². The van der Waals surface area contributed by atoms with E-state index in [-0.39, 0.29) is 17.2 Å². The lowest BCUT2D eigenvalue weighted by Crippen LogP contribution is -2.27. The second-order valence-corrected chi connectivity index (χ2v) is 8.77. The molecule has 1 aliphatic rings. The van der Waals surface area contributed by atoms with Crippen LogP contribution in [-0.4, -0.2) is 38.1 Å². The molecule has 25 heavy (non-hydrogen) atoms. The van der Waals surface area contributed by atoms with Crippen LogP contribution in [0.5, 0.6) is 0 Å². The van der Waals surface area contributed by atoms with Crippen molar-refractivity contribution >= 4 is 37.4 Å². The molecular formula is C18H19BrN2O3S. The third-order valence-corrected chi connectivity index (χ3v) is 6.62. The first-order chi connectivity index (χ1) is 12.0. The number of carbonyl (C=O) groups excluding carboxylic acids is 1. The van der Waals surface area contributed by atoms with Crippen LogP contribution in [0.2, 0.25) is 0 Å². The van der Waals surface area contributed by atoms with E-state index in [0.717, 1.165) is 23.0 Å². The van der Waals surface area contributed by atoms with Crippen LogP contribution in [0.25, 0.3) is 0 Å². The van der Waals surface area contributed by atoms with E-state index in [1.54, 1.807) is 12.1 Å². The molecule has 1 heterocycles. The number of ketones is 1. The molecule has 1 saturated heterocycles. The molecule has 0 spiro atoms. The van der Waals surface area contributed by atoms with E-state index in [2.05, 4.69) is 21.2 Å². The van der Waals surface area contributed by atoms with Gasteiger partial charge in [-0.15, -0.1) is 0 Å². The number of rotatable bonds is 6. The Balaban J connectivity index is 1.65. The predicted octanol–water partition coefficient (Wildman–Crippen LogP) is 3.53. The van der Waals surface area contributed by atoms with Gasteiger partial charge in [-0.1, -0.05) is 15.9 Å². The molecule has 2 aromatic rings. The van der Waals surface area contributed by atoms with E-state index in [1.807, 2.05) is 24.3 Å². The fourth-order valence-corrected chi connectivity index (χ4v) is 4.52. The number of nitrogens with zero attached hydrogens (tertiary/aromatic N) is 1. The van der Waals surface area contributed by atoms with E-state index in [1.165, 1.54) is 16.4 Å². The fraction of sp³-hybridized carbons (Fsp3) is 0.278. The first-order valence-corrected chi connectivity index (χ1v) is 10.3. The number of nitrogens with one attached hydrogen (secondary N) is 1. The highest BCUT2D eigenvalue weighted by molar-refractivity contribution is 9.10. The smallest absolute Gasteiger partial charge is 0.243 e. The predicted molar refractivity (Wildman–Crippen MR) is 101 cm³/mol. The molecule has 132 valence electrons. The maximum absolute atomic E-state index is 12.5. The second kappa shape index (κ2) is 7.68. The Morgan fingerprint density at radius 2 is 1.60 bits per heavy atom. The number of carbonyl (C=O) groups is 1. The summed E-state index contributed by atoms with van der Waals surface area (Å²) in [5, 5.41) is 3.06. The Hall–Kier alpha value is -1.70. The molecule has 0 unspecified atom stereocenters. The van der Waals surface area contributed by atoms with Crippen LogP contribution >= 0.6 is 15.9 Å². The lowest BCUT2D eigenvalue weighted by molar-refractivity contribution is 0.101. The standard InChI is InChI=1S/C18H19BrN2O3S/c19-15-5-7-16(8-6-15)20-13-18(22)14-3-9-17(10-4-14)25(23,24)21-11-1-2-12-21/h3-10,20H,1-2,11-13H2. The molecule has 2 aromatic carbocycles. The van der Waals surface area contributed by atoms with Crippen molar-refractivity contribution in [1.29, 1.82) is 0 Å². The Kier molecular flexibility index (Phi) is 5.56. The highest BCUT2D eigenvalue weighted by Crippen LogP contribution is 2.21. The maximum atomic E-state index is 12.5. The van der Waals surface area contributed by atoms with Crippen molar-refractivity contribution in [3.05, 3.63) is 58.6 Å². The average Bonchev–Trinajstić information content (AvgIpc) is 3.16. The van der Waals surface area contributed by atoms with Gasteiger partial charge in [-0.2, -0.15) is 4.31 Å². The van der Waals surface area contributed by atoms with Crippen LogP contribution < -0.4 is 5.32 Å².